The Morgan fingerprint density at radius 2 is 2.07 bits per heavy atom. The first kappa shape index (κ1) is 10.9. The van der Waals surface area contributed by atoms with Gasteiger partial charge in [-0.15, -0.1) is 0 Å². The van der Waals surface area contributed by atoms with Gasteiger partial charge in [0.05, 0.1) is 5.54 Å². The lowest BCUT2D eigenvalue weighted by Crippen LogP contribution is -2.52. The number of nitrogens with one attached hydrogen (secondary N) is 1. The van der Waals surface area contributed by atoms with Crippen LogP contribution in [0.3, 0.4) is 0 Å². The number of nitrogens with zero attached hydrogens (tertiary/aromatic N) is 1. The highest BCUT2D eigenvalue weighted by molar-refractivity contribution is 5.85. The van der Waals surface area contributed by atoms with E-state index in [0.717, 1.165) is 25.6 Å². The van der Waals surface area contributed by atoms with Crippen LogP contribution >= 0.6 is 0 Å². The first-order valence-electron chi connectivity index (χ1n) is 5.81. The third kappa shape index (κ3) is 2.69. The Hall–Kier alpha value is -0.610. The van der Waals surface area contributed by atoms with Crippen LogP contribution in [0.5, 0.6) is 0 Å². The van der Waals surface area contributed by atoms with E-state index in [-0.39, 0.29) is 5.91 Å². The Balaban J connectivity index is 1.79. The third-order valence-electron chi connectivity index (χ3n) is 3.20. The smallest absolute Gasteiger partial charge is 0.239 e. The number of hydrogen-bond acceptors (Lipinski definition) is 3. The number of carbonyl (C=O) groups excluding carboxylic acids is 1. The van der Waals surface area contributed by atoms with Crippen LogP contribution in [0.4, 0.5) is 0 Å². The lowest BCUT2D eigenvalue weighted by molar-refractivity contribution is -0.125. The van der Waals surface area contributed by atoms with Crippen molar-refractivity contribution in [1.82, 2.24) is 10.2 Å². The van der Waals surface area contributed by atoms with E-state index in [4.69, 9.17) is 5.73 Å². The first-order valence-corrected chi connectivity index (χ1v) is 5.81. The van der Waals surface area contributed by atoms with Gasteiger partial charge in [-0.2, -0.15) is 0 Å². The molecular formula is C11H21N3O. The number of hydrogen-bond donors (Lipinski definition) is 2. The minimum absolute atomic E-state index is 0.0369. The van der Waals surface area contributed by atoms with Crippen molar-refractivity contribution in [2.45, 2.75) is 50.7 Å². The normalized spacial score (nSPS) is 28.1. The Morgan fingerprint density at radius 1 is 1.40 bits per heavy atom. The van der Waals surface area contributed by atoms with Gasteiger partial charge in [-0.25, -0.2) is 0 Å². The highest BCUT2D eigenvalue weighted by atomic mass is 16.2. The molecule has 86 valence electrons. The lowest BCUT2D eigenvalue weighted by atomic mass is 10.1. The minimum atomic E-state index is -0.757. The predicted octanol–water partition coefficient (Wildman–Crippen LogP) is 0.0766. The van der Waals surface area contributed by atoms with E-state index in [1.165, 1.54) is 12.8 Å². The molecule has 0 aromatic heterocycles. The maximum atomic E-state index is 11.7. The summed E-state index contributed by atoms with van der Waals surface area (Å²) >= 11 is 0. The van der Waals surface area contributed by atoms with Crippen molar-refractivity contribution < 1.29 is 4.79 Å². The molecule has 15 heavy (non-hydrogen) atoms. The van der Waals surface area contributed by atoms with E-state index in [1.54, 1.807) is 13.8 Å². The molecule has 4 nitrogen and oxygen atoms in total. The third-order valence-corrected chi connectivity index (χ3v) is 3.20. The fourth-order valence-corrected chi connectivity index (χ4v) is 2.05. The number of rotatable bonds is 3. The van der Waals surface area contributed by atoms with Crippen LogP contribution in [0.2, 0.25) is 0 Å². The molecule has 2 aliphatic rings. The van der Waals surface area contributed by atoms with Gasteiger partial charge in [0.15, 0.2) is 0 Å². The molecule has 0 aromatic rings. The van der Waals surface area contributed by atoms with Crippen molar-refractivity contribution in [2.24, 2.45) is 5.73 Å². The summed E-state index contributed by atoms with van der Waals surface area (Å²) in [5, 5.41) is 3.03. The molecule has 0 aromatic carbocycles. The molecule has 1 saturated carbocycles. The van der Waals surface area contributed by atoms with Gasteiger partial charge in [0.2, 0.25) is 5.91 Å². The lowest BCUT2D eigenvalue weighted by Gasteiger charge is -2.22. The molecule has 4 heteroatoms. The summed E-state index contributed by atoms with van der Waals surface area (Å²) in [4.78, 5) is 14.1. The van der Waals surface area contributed by atoms with Gasteiger partial charge in [0, 0.05) is 25.2 Å². The van der Waals surface area contributed by atoms with Crippen molar-refractivity contribution in [2.75, 3.05) is 13.1 Å². The Morgan fingerprint density at radius 3 is 2.60 bits per heavy atom. The zero-order valence-corrected chi connectivity index (χ0v) is 9.62. The average molecular weight is 211 g/mol. The first-order chi connectivity index (χ1) is 6.97. The Labute approximate surface area is 91.2 Å². The van der Waals surface area contributed by atoms with Crippen LogP contribution in [-0.4, -0.2) is 41.5 Å². The van der Waals surface area contributed by atoms with E-state index in [1.807, 2.05) is 0 Å². The zero-order chi connectivity index (χ0) is 11.1. The van der Waals surface area contributed by atoms with Gasteiger partial charge < -0.3 is 11.1 Å². The van der Waals surface area contributed by atoms with Crippen LogP contribution in [0.1, 0.15) is 33.1 Å². The molecule has 3 N–H and O–H groups in total. The van der Waals surface area contributed by atoms with Crippen LogP contribution in [0.25, 0.3) is 0 Å². The summed E-state index contributed by atoms with van der Waals surface area (Å²) in [5.41, 5.74) is 4.98. The molecule has 0 spiro atoms. The number of likely N-dealkylation sites (tertiary alicyclic amines) is 1. The maximum absolute atomic E-state index is 11.7. The van der Waals surface area contributed by atoms with Crippen LogP contribution in [0, 0.1) is 0 Å². The number of carbonyl (C=O) groups is 1. The molecule has 2 fully saturated rings. The van der Waals surface area contributed by atoms with E-state index < -0.39 is 5.54 Å². The van der Waals surface area contributed by atoms with Gasteiger partial charge in [0.1, 0.15) is 0 Å². The molecule has 1 amide bonds. The summed E-state index contributed by atoms with van der Waals surface area (Å²) in [6.45, 7) is 5.62. The Kier molecular flexibility index (Phi) is 2.73. The summed E-state index contributed by atoms with van der Waals surface area (Å²) in [7, 11) is 0. The quantitative estimate of drug-likeness (QED) is 0.695. The second-order valence-corrected chi connectivity index (χ2v) is 5.41. The second-order valence-electron chi connectivity index (χ2n) is 5.41. The summed E-state index contributed by atoms with van der Waals surface area (Å²) in [6.07, 6.45) is 3.74. The van der Waals surface area contributed by atoms with Crippen molar-refractivity contribution in [1.29, 1.82) is 0 Å². The van der Waals surface area contributed by atoms with Crippen molar-refractivity contribution in [3.05, 3.63) is 0 Å². The van der Waals surface area contributed by atoms with Gasteiger partial charge >= 0.3 is 0 Å². The van der Waals surface area contributed by atoms with Gasteiger partial charge in [-0.3, -0.25) is 9.69 Å². The highest BCUT2D eigenvalue weighted by Crippen LogP contribution is 2.29. The van der Waals surface area contributed by atoms with E-state index in [2.05, 4.69) is 10.2 Å². The van der Waals surface area contributed by atoms with E-state index >= 15 is 0 Å². The number of nitrogens with two attached hydrogens (primary N) is 1. The van der Waals surface area contributed by atoms with Crippen molar-refractivity contribution in [3.63, 3.8) is 0 Å². The molecule has 0 radical (unpaired) electrons. The fraction of sp³-hybridized carbons (Fsp3) is 0.909. The average Bonchev–Trinajstić information content (AvgIpc) is 2.87. The molecular weight excluding hydrogens is 190 g/mol. The van der Waals surface area contributed by atoms with Crippen LogP contribution in [-0.2, 0) is 4.79 Å². The minimum Gasteiger partial charge on any atom is -0.350 e. The summed E-state index contributed by atoms with van der Waals surface area (Å²) in [6, 6.07) is 1.11. The van der Waals surface area contributed by atoms with Crippen molar-refractivity contribution in [3.8, 4) is 0 Å². The second kappa shape index (κ2) is 3.76. The highest BCUT2D eigenvalue weighted by Gasteiger charge is 2.35. The van der Waals surface area contributed by atoms with Gasteiger partial charge in [-0.1, -0.05) is 0 Å². The maximum Gasteiger partial charge on any atom is 0.239 e. The SMILES string of the molecule is CC(C)(N)C(=O)NC1CCN(C2CC2)C1. The topological polar surface area (TPSA) is 58.4 Å². The Bertz CT molecular complexity index is 255. The molecule has 0 bridgehead atoms. The molecule has 1 saturated heterocycles. The largest absolute Gasteiger partial charge is 0.350 e. The fourth-order valence-electron chi connectivity index (χ4n) is 2.05. The zero-order valence-electron chi connectivity index (χ0n) is 9.62. The van der Waals surface area contributed by atoms with Crippen molar-refractivity contribution >= 4 is 5.91 Å². The van der Waals surface area contributed by atoms with Crippen LogP contribution in [0.15, 0.2) is 0 Å². The molecule has 1 aliphatic heterocycles. The number of amides is 1. The standard InChI is InChI=1S/C11H21N3O/c1-11(2,12)10(15)13-8-5-6-14(7-8)9-3-4-9/h8-9H,3-7,12H2,1-2H3,(H,13,15). The van der Waals surface area contributed by atoms with Gasteiger partial charge in [0.25, 0.3) is 0 Å². The van der Waals surface area contributed by atoms with Crippen LogP contribution < -0.4 is 11.1 Å². The van der Waals surface area contributed by atoms with E-state index in [9.17, 15) is 4.79 Å². The summed E-state index contributed by atoms with van der Waals surface area (Å²) < 4.78 is 0. The molecule has 2 rings (SSSR count). The monoisotopic (exact) mass is 211 g/mol. The molecule has 1 atom stereocenters. The molecule has 1 aliphatic carbocycles. The summed E-state index contributed by atoms with van der Waals surface area (Å²) in [5.74, 6) is -0.0369. The molecule has 1 heterocycles. The molecule has 1 unspecified atom stereocenters. The van der Waals surface area contributed by atoms with Gasteiger partial charge in [-0.05, 0) is 33.1 Å². The van der Waals surface area contributed by atoms with E-state index in [0.29, 0.717) is 6.04 Å². The predicted molar refractivity (Wildman–Crippen MR) is 59.4 cm³/mol.